The van der Waals surface area contributed by atoms with E-state index in [0.717, 1.165) is 0 Å². The van der Waals surface area contributed by atoms with E-state index in [1.807, 2.05) is 0 Å². The minimum absolute atomic E-state index is 0. The van der Waals surface area contributed by atoms with Crippen LogP contribution in [-0.2, 0) is 27.5 Å². The van der Waals surface area contributed by atoms with Gasteiger partial charge in [-0.25, -0.2) is 0 Å². The van der Waals surface area contributed by atoms with Crippen LogP contribution < -0.4 is 0 Å². The van der Waals surface area contributed by atoms with Crippen LogP contribution in [0.25, 0.3) is 0 Å². The van der Waals surface area contributed by atoms with E-state index in [0.29, 0.717) is 0 Å². The normalized spacial score (nSPS) is 8.29. The minimum Gasteiger partial charge on any atom is -0.269 e. The zero-order chi connectivity index (χ0) is 4.50. The molecule has 4 nitrogen and oxygen atoms in total. The van der Waals surface area contributed by atoms with Crippen LogP contribution >= 0.6 is 0 Å². The summed E-state index contributed by atoms with van der Waals surface area (Å²) in [5.41, 5.74) is 0. The van der Waals surface area contributed by atoms with Crippen LogP contribution in [0.1, 0.15) is 0 Å². The van der Waals surface area contributed by atoms with Crippen molar-refractivity contribution in [3.63, 3.8) is 0 Å². The van der Waals surface area contributed by atoms with E-state index in [9.17, 15) is 0 Å². The second-order valence-corrected chi connectivity index (χ2v) is 1.34. The summed E-state index contributed by atoms with van der Waals surface area (Å²) in [5, 5.41) is 0. The molecule has 0 aliphatic heterocycles. The summed E-state index contributed by atoms with van der Waals surface area (Å²) in [6, 6.07) is 0. The van der Waals surface area contributed by atoms with Crippen LogP contribution in [-0.4, -0.2) is 17.5 Å². The van der Waals surface area contributed by atoms with Crippen molar-refractivity contribution in [2.75, 3.05) is 0 Å². The van der Waals surface area contributed by atoms with Crippen molar-refractivity contribution in [2.24, 2.45) is 0 Å². The summed E-state index contributed by atoms with van der Waals surface area (Å²) in [7, 11) is -4.67. The Kier molecular flexibility index (Phi) is 10.0. The molecule has 0 atom stereocenters. The molecule has 7 heteroatoms. The molecule has 0 saturated heterocycles. The third-order valence-corrected chi connectivity index (χ3v) is 0. The average molecular weight is 174 g/mol. The van der Waals surface area contributed by atoms with Gasteiger partial charge in [-0.05, 0) is 0 Å². The first-order valence-electron chi connectivity index (χ1n) is 0.698. The van der Waals surface area contributed by atoms with Crippen molar-refractivity contribution in [1.29, 1.82) is 0 Å². The molecule has 0 heterocycles. The molecule has 0 radical (unpaired) electrons. The van der Waals surface area contributed by atoms with Gasteiger partial charge < -0.3 is 0 Å². The predicted molar refractivity (Wildman–Crippen MR) is 16.7 cm³/mol. The fourth-order valence-corrected chi connectivity index (χ4v) is 0. The maximum Gasteiger partial charge on any atom is 0.394 e. The SMILES string of the molecule is F.O=S(=O)(O)O.[Fe]. The van der Waals surface area contributed by atoms with Gasteiger partial charge in [0.2, 0.25) is 0 Å². The van der Waals surface area contributed by atoms with Crippen LogP contribution in [0.5, 0.6) is 0 Å². The molecule has 2 N–H and O–H groups in total. The van der Waals surface area contributed by atoms with E-state index in [1.165, 1.54) is 0 Å². The smallest absolute Gasteiger partial charge is 0.269 e. The number of hydrogen-bond donors (Lipinski definition) is 2. The van der Waals surface area contributed by atoms with Gasteiger partial charge >= 0.3 is 10.4 Å². The van der Waals surface area contributed by atoms with Crippen LogP contribution in [0.15, 0.2) is 0 Å². The minimum atomic E-state index is -4.67. The summed E-state index contributed by atoms with van der Waals surface area (Å²) in [5.74, 6) is 0. The molecule has 0 aliphatic carbocycles. The van der Waals surface area contributed by atoms with Gasteiger partial charge in [0.1, 0.15) is 0 Å². The van der Waals surface area contributed by atoms with Crippen molar-refractivity contribution in [1.82, 2.24) is 0 Å². The van der Waals surface area contributed by atoms with Gasteiger partial charge in [-0.15, -0.1) is 0 Å². The third-order valence-electron chi connectivity index (χ3n) is 0. The molecule has 0 aromatic rings. The van der Waals surface area contributed by atoms with E-state index in [2.05, 4.69) is 0 Å². The van der Waals surface area contributed by atoms with Crippen molar-refractivity contribution < 1.29 is 39.3 Å². The van der Waals surface area contributed by atoms with E-state index in [-0.39, 0.29) is 21.8 Å². The average Bonchev–Trinajstić information content (AvgIpc) is 0.722. The van der Waals surface area contributed by atoms with Crippen molar-refractivity contribution in [3.05, 3.63) is 0 Å². The first-order valence-corrected chi connectivity index (χ1v) is 2.10. The van der Waals surface area contributed by atoms with Gasteiger partial charge in [-0.2, -0.15) is 8.42 Å². The van der Waals surface area contributed by atoms with Gasteiger partial charge in [-0.1, -0.05) is 0 Å². The predicted octanol–water partition coefficient (Wildman–Crippen LogP) is -0.503. The Bertz CT molecular complexity index is 94.9. The first-order chi connectivity index (χ1) is 2.00. The molecule has 0 amide bonds. The molecule has 48 valence electrons. The van der Waals surface area contributed by atoms with Crippen molar-refractivity contribution >= 4 is 10.4 Å². The monoisotopic (exact) mass is 174 g/mol. The topological polar surface area (TPSA) is 74.6 Å². The Morgan fingerprint density at radius 2 is 1.14 bits per heavy atom. The Balaban J connectivity index is -0.0000000800. The van der Waals surface area contributed by atoms with E-state index < -0.39 is 10.4 Å². The van der Waals surface area contributed by atoms with Gasteiger partial charge in [-0.3, -0.25) is 13.8 Å². The van der Waals surface area contributed by atoms with Crippen LogP contribution in [0.3, 0.4) is 0 Å². The summed E-state index contributed by atoms with van der Waals surface area (Å²) in [6.07, 6.45) is 0. The standard InChI is InChI=1S/FH.Fe.H2O4S/c;;1-5(2,3)4/h1H;;(H2,1,2,3,4). The molecule has 0 rings (SSSR count). The molecule has 0 bridgehead atoms. The maximum absolute atomic E-state index is 8.74. The summed E-state index contributed by atoms with van der Waals surface area (Å²) >= 11 is 0. The largest absolute Gasteiger partial charge is 0.394 e. The van der Waals surface area contributed by atoms with Gasteiger partial charge in [0.05, 0.1) is 0 Å². The number of rotatable bonds is 0. The van der Waals surface area contributed by atoms with Crippen molar-refractivity contribution in [2.45, 2.75) is 0 Å². The zero-order valence-corrected chi connectivity index (χ0v) is 4.80. The Morgan fingerprint density at radius 1 is 1.14 bits per heavy atom. The van der Waals surface area contributed by atoms with E-state index in [4.69, 9.17) is 17.5 Å². The molecular formula is H3FFeO4S. The third kappa shape index (κ3) is 1160. The van der Waals surface area contributed by atoms with Crippen LogP contribution in [0, 0.1) is 0 Å². The first kappa shape index (κ1) is 15.7. The second kappa shape index (κ2) is 4.48. The van der Waals surface area contributed by atoms with Crippen LogP contribution in [0.4, 0.5) is 4.70 Å². The molecule has 7 heavy (non-hydrogen) atoms. The second-order valence-electron chi connectivity index (χ2n) is 0.448. The molecule has 0 unspecified atom stereocenters. The summed E-state index contributed by atoms with van der Waals surface area (Å²) < 4.78 is 31.6. The van der Waals surface area contributed by atoms with Gasteiger partial charge in [0, 0.05) is 17.1 Å². The van der Waals surface area contributed by atoms with Crippen LogP contribution in [0.2, 0.25) is 0 Å². The maximum atomic E-state index is 8.74. The molecular weight excluding hydrogens is 171 g/mol. The molecule has 0 saturated carbocycles. The fourth-order valence-electron chi connectivity index (χ4n) is 0. The van der Waals surface area contributed by atoms with Gasteiger partial charge in [0.25, 0.3) is 0 Å². The summed E-state index contributed by atoms with van der Waals surface area (Å²) in [4.78, 5) is 0. The van der Waals surface area contributed by atoms with E-state index in [1.54, 1.807) is 0 Å². The molecule has 0 aliphatic rings. The quantitative estimate of drug-likeness (QED) is 0.383. The Labute approximate surface area is 50.3 Å². The zero-order valence-electron chi connectivity index (χ0n) is 2.88. The summed E-state index contributed by atoms with van der Waals surface area (Å²) in [6.45, 7) is 0. The molecule has 0 aromatic heterocycles. The van der Waals surface area contributed by atoms with Crippen molar-refractivity contribution in [3.8, 4) is 0 Å². The van der Waals surface area contributed by atoms with Gasteiger partial charge in [0.15, 0.2) is 0 Å². The Morgan fingerprint density at radius 3 is 1.14 bits per heavy atom. The Hall–Kier alpha value is 0.319. The molecule has 0 fully saturated rings. The van der Waals surface area contributed by atoms with E-state index >= 15 is 0 Å². The number of hydrogen-bond acceptors (Lipinski definition) is 2. The number of halogens is 1. The fraction of sp³-hybridized carbons (Fsp3) is 0. The molecule has 0 aromatic carbocycles. The molecule has 0 spiro atoms.